The summed E-state index contributed by atoms with van der Waals surface area (Å²) < 4.78 is 4.92. The number of amides is 1. The number of anilines is 2. The number of aromatic nitrogens is 3. The lowest BCUT2D eigenvalue weighted by molar-refractivity contribution is 0.101. The molecular weight excluding hydrogens is 406 g/mol. The van der Waals surface area contributed by atoms with Crippen LogP contribution in [-0.2, 0) is 7.05 Å². The van der Waals surface area contributed by atoms with Gasteiger partial charge in [-0.25, -0.2) is 9.97 Å². The summed E-state index contributed by atoms with van der Waals surface area (Å²) in [4.78, 5) is 22.0. The summed E-state index contributed by atoms with van der Waals surface area (Å²) in [6.45, 7) is 1.95. The van der Waals surface area contributed by atoms with Gasteiger partial charge in [-0.05, 0) is 73.0 Å². The molecule has 2 aromatic carbocycles. The number of nitrogens with one attached hydrogen (secondary N) is 2. The molecule has 0 aliphatic heterocycles. The second-order valence-electron chi connectivity index (χ2n) is 6.50. The predicted octanol–water partition coefficient (Wildman–Crippen LogP) is 5.30. The molecule has 0 bridgehead atoms. The van der Waals surface area contributed by atoms with Crippen LogP contribution in [0.1, 0.15) is 16.1 Å². The molecule has 4 rings (SSSR count). The molecule has 146 valence electrons. The van der Waals surface area contributed by atoms with Crippen molar-refractivity contribution in [1.29, 1.82) is 0 Å². The van der Waals surface area contributed by atoms with Gasteiger partial charge >= 0.3 is 0 Å². The fraction of sp³-hybridized carbons (Fsp3) is 0.0952. The number of carbonyl (C=O) groups is 1. The Balaban J connectivity index is 1.46. The van der Waals surface area contributed by atoms with E-state index in [1.165, 1.54) is 11.9 Å². The summed E-state index contributed by atoms with van der Waals surface area (Å²) in [5, 5.41) is 4.62. The third-order valence-electron chi connectivity index (χ3n) is 4.49. The molecule has 0 unspecified atom stereocenters. The molecule has 2 N–H and O–H groups in total. The van der Waals surface area contributed by atoms with Crippen LogP contribution in [0.4, 0.5) is 11.6 Å². The zero-order valence-corrected chi connectivity index (χ0v) is 17.4. The van der Waals surface area contributed by atoms with E-state index in [-0.39, 0.29) is 5.91 Å². The molecular formula is C21H18ClN5OS. The van der Waals surface area contributed by atoms with Crippen LogP contribution in [0.15, 0.2) is 65.8 Å². The average molecular weight is 424 g/mol. The van der Waals surface area contributed by atoms with Crippen molar-refractivity contribution in [3.8, 4) is 0 Å². The van der Waals surface area contributed by atoms with Crippen molar-refractivity contribution >= 4 is 52.0 Å². The van der Waals surface area contributed by atoms with E-state index < -0.39 is 0 Å². The van der Waals surface area contributed by atoms with Crippen LogP contribution >= 0.6 is 23.5 Å². The summed E-state index contributed by atoms with van der Waals surface area (Å²) in [6, 6.07) is 15.1. The monoisotopic (exact) mass is 423 g/mol. The first-order valence-corrected chi connectivity index (χ1v) is 10.1. The number of aryl methyl sites for hydroxylation is 2. The minimum Gasteiger partial charge on any atom is -0.340 e. The lowest BCUT2D eigenvalue weighted by Crippen LogP contribution is -2.15. The van der Waals surface area contributed by atoms with E-state index >= 15 is 0 Å². The standard InChI is InChI=1S/C21H18ClN5OS/c1-13-10-14-11-19(27(2)18(14)12-17(13)22)20(28)25-15-4-6-16(7-5-15)29-26-21-23-8-3-9-24-21/h3-12H,1-2H3,(H,25,28)(H,23,24,26). The highest BCUT2D eigenvalue weighted by molar-refractivity contribution is 8.00. The fourth-order valence-electron chi connectivity index (χ4n) is 2.95. The number of halogens is 1. The molecule has 8 heteroatoms. The van der Waals surface area contributed by atoms with Gasteiger partial charge in [-0.1, -0.05) is 11.6 Å². The summed E-state index contributed by atoms with van der Waals surface area (Å²) in [6.07, 6.45) is 3.35. The van der Waals surface area contributed by atoms with Gasteiger partial charge in [-0.3, -0.25) is 9.52 Å². The number of hydrogen-bond donors (Lipinski definition) is 2. The second kappa shape index (κ2) is 8.14. The first kappa shape index (κ1) is 19.3. The minimum atomic E-state index is -0.173. The van der Waals surface area contributed by atoms with Gasteiger partial charge in [-0.2, -0.15) is 0 Å². The third-order valence-corrected chi connectivity index (χ3v) is 5.69. The fourth-order valence-corrected chi connectivity index (χ4v) is 3.69. The number of rotatable bonds is 5. The van der Waals surface area contributed by atoms with Gasteiger partial charge in [0.15, 0.2) is 0 Å². The highest BCUT2D eigenvalue weighted by atomic mass is 35.5. The summed E-state index contributed by atoms with van der Waals surface area (Å²) >= 11 is 7.63. The molecule has 4 aromatic rings. The minimum absolute atomic E-state index is 0.173. The van der Waals surface area contributed by atoms with Gasteiger partial charge < -0.3 is 9.88 Å². The van der Waals surface area contributed by atoms with Gasteiger partial charge in [0.05, 0.1) is 0 Å². The molecule has 0 saturated carbocycles. The number of fused-ring (bicyclic) bond motifs is 1. The lowest BCUT2D eigenvalue weighted by atomic mass is 10.2. The van der Waals surface area contributed by atoms with Crippen molar-refractivity contribution in [1.82, 2.24) is 14.5 Å². The van der Waals surface area contributed by atoms with E-state index in [4.69, 9.17) is 11.6 Å². The van der Waals surface area contributed by atoms with E-state index in [2.05, 4.69) is 20.0 Å². The van der Waals surface area contributed by atoms with E-state index in [1.54, 1.807) is 18.5 Å². The molecule has 0 atom stereocenters. The molecule has 1 amide bonds. The van der Waals surface area contributed by atoms with Crippen LogP contribution in [0, 0.1) is 6.92 Å². The highest BCUT2D eigenvalue weighted by Gasteiger charge is 2.14. The zero-order chi connectivity index (χ0) is 20.4. The van der Waals surface area contributed by atoms with E-state index in [1.807, 2.05) is 61.0 Å². The molecule has 6 nitrogen and oxygen atoms in total. The first-order valence-electron chi connectivity index (χ1n) is 8.88. The first-order chi connectivity index (χ1) is 14.0. The Morgan fingerprint density at radius 3 is 2.55 bits per heavy atom. The van der Waals surface area contributed by atoms with Crippen molar-refractivity contribution in [2.75, 3.05) is 10.0 Å². The van der Waals surface area contributed by atoms with Crippen LogP contribution in [-0.4, -0.2) is 20.4 Å². The number of carbonyl (C=O) groups excluding carboxylic acids is 1. The van der Waals surface area contributed by atoms with Gasteiger partial charge in [0.2, 0.25) is 5.95 Å². The molecule has 0 radical (unpaired) electrons. The Kier molecular flexibility index (Phi) is 5.42. The lowest BCUT2D eigenvalue weighted by Gasteiger charge is -2.08. The van der Waals surface area contributed by atoms with Crippen molar-refractivity contribution in [3.63, 3.8) is 0 Å². The summed E-state index contributed by atoms with van der Waals surface area (Å²) in [5.41, 5.74) is 3.20. The van der Waals surface area contributed by atoms with Crippen LogP contribution in [0.3, 0.4) is 0 Å². The number of benzene rings is 2. The largest absolute Gasteiger partial charge is 0.340 e. The maximum absolute atomic E-state index is 12.8. The van der Waals surface area contributed by atoms with Crippen molar-refractivity contribution < 1.29 is 4.79 Å². The number of nitrogens with zero attached hydrogens (tertiary/aromatic N) is 3. The van der Waals surface area contributed by atoms with Gasteiger partial charge in [-0.15, -0.1) is 0 Å². The molecule has 29 heavy (non-hydrogen) atoms. The Morgan fingerprint density at radius 2 is 1.83 bits per heavy atom. The second-order valence-corrected chi connectivity index (χ2v) is 7.79. The quantitative estimate of drug-likeness (QED) is 0.426. The van der Waals surface area contributed by atoms with Crippen molar-refractivity contribution in [2.24, 2.45) is 7.05 Å². The molecule has 2 aromatic heterocycles. The van der Waals surface area contributed by atoms with Crippen LogP contribution in [0.2, 0.25) is 5.02 Å². The maximum Gasteiger partial charge on any atom is 0.272 e. The average Bonchev–Trinajstić information content (AvgIpc) is 3.04. The topological polar surface area (TPSA) is 71.8 Å². The Morgan fingerprint density at radius 1 is 1.10 bits per heavy atom. The molecule has 2 heterocycles. The summed E-state index contributed by atoms with van der Waals surface area (Å²) in [5.74, 6) is 0.370. The van der Waals surface area contributed by atoms with Crippen LogP contribution in [0.25, 0.3) is 10.9 Å². The third kappa shape index (κ3) is 4.21. The van der Waals surface area contributed by atoms with E-state index in [0.717, 1.165) is 27.0 Å². The van der Waals surface area contributed by atoms with E-state index in [9.17, 15) is 4.79 Å². The van der Waals surface area contributed by atoms with Crippen LogP contribution < -0.4 is 10.0 Å². The number of hydrogen-bond acceptors (Lipinski definition) is 5. The van der Waals surface area contributed by atoms with Crippen LogP contribution in [0.5, 0.6) is 0 Å². The zero-order valence-electron chi connectivity index (χ0n) is 15.8. The van der Waals surface area contributed by atoms with Crippen molar-refractivity contribution in [2.45, 2.75) is 11.8 Å². The van der Waals surface area contributed by atoms with Gasteiger partial charge in [0.25, 0.3) is 5.91 Å². The highest BCUT2D eigenvalue weighted by Crippen LogP contribution is 2.27. The summed E-state index contributed by atoms with van der Waals surface area (Å²) in [7, 11) is 1.86. The SMILES string of the molecule is Cc1cc2cc(C(=O)Nc3ccc(SNc4ncccn4)cc3)n(C)c2cc1Cl. The molecule has 0 fully saturated rings. The smallest absolute Gasteiger partial charge is 0.272 e. The Labute approximate surface area is 177 Å². The van der Waals surface area contributed by atoms with Crippen molar-refractivity contribution in [3.05, 3.63) is 77.2 Å². The molecule has 0 saturated heterocycles. The Hall–Kier alpha value is -3.03. The molecule has 0 aliphatic carbocycles. The molecule has 0 aliphatic rings. The van der Waals surface area contributed by atoms with Gasteiger partial charge in [0, 0.05) is 45.9 Å². The Bertz CT molecular complexity index is 1180. The van der Waals surface area contributed by atoms with Gasteiger partial charge in [0.1, 0.15) is 5.69 Å². The maximum atomic E-state index is 12.8. The normalized spacial score (nSPS) is 10.9. The predicted molar refractivity (Wildman–Crippen MR) is 119 cm³/mol. The van der Waals surface area contributed by atoms with E-state index in [0.29, 0.717) is 16.7 Å². The molecule has 0 spiro atoms.